The van der Waals surface area contributed by atoms with E-state index < -0.39 is 0 Å². The van der Waals surface area contributed by atoms with Gasteiger partial charge in [0.25, 0.3) is 0 Å². The van der Waals surface area contributed by atoms with E-state index in [-0.39, 0.29) is 0 Å². The van der Waals surface area contributed by atoms with Crippen LogP contribution < -0.4 is 0 Å². The van der Waals surface area contributed by atoms with Gasteiger partial charge in [0.05, 0.1) is 0 Å². The summed E-state index contributed by atoms with van der Waals surface area (Å²) in [6.07, 6.45) is 2.09. The van der Waals surface area contributed by atoms with Gasteiger partial charge in [0, 0.05) is 23.4 Å². The minimum absolute atomic E-state index is 0.383. The molecule has 1 aliphatic heterocycles. The molecule has 0 N–H and O–H groups in total. The van der Waals surface area contributed by atoms with Crippen LogP contribution in [0.1, 0.15) is 12.8 Å². The molecule has 0 saturated carbocycles. The van der Waals surface area contributed by atoms with Crippen LogP contribution >= 0.6 is 35.0 Å². The van der Waals surface area contributed by atoms with Crippen molar-refractivity contribution in [2.24, 2.45) is 0 Å². The fraction of sp³-hybridized carbons (Fsp3) is 0.556. The molecule has 15 heavy (non-hydrogen) atoms. The summed E-state index contributed by atoms with van der Waals surface area (Å²) >= 11 is 13.4. The summed E-state index contributed by atoms with van der Waals surface area (Å²) in [5.74, 6) is 0. The molecule has 1 aromatic heterocycles. The predicted molar refractivity (Wildman–Crippen MR) is 61.8 cm³/mol. The first-order valence-corrected chi connectivity index (χ1v) is 6.32. The first kappa shape index (κ1) is 11.5. The van der Waals surface area contributed by atoms with E-state index in [1.807, 2.05) is 0 Å². The Bertz CT molecular complexity index is 345. The minimum Gasteiger partial charge on any atom is -0.381 e. The van der Waals surface area contributed by atoms with Gasteiger partial charge in [-0.2, -0.15) is 0 Å². The standard InChI is InChI=1S/C9H10Cl2N2OS/c10-8-5-7(9(11)13-12-8)15-6-1-3-14-4-2-6/h5-6H,1-4H2. The molecular weight excluding hydrogens is 255 g/mol. The van der Waals surface area contributed by atoms with E-state index >= 15 is 0 Å². The summed E-state index contributed by atoms with van der Waals surface area (Å²) in [5.41, 5.74) is 0. The second-order valence-electron chi connectivity index (χ2n) is 3.25. The lowest BCUT2D eigenvalue weighted by Crippen LogP contribution is -2.17. The fourth-order valence-electron chi connectivity index (χ4n) is 1.39. The summed E-state index contributed by atoms with van der Waals surface area (Å²) in [4.78, 5) is 0.906. The highest BCUT2D eigenvalue weighted by Gasteiger charge is 2.17. The maximum Gasteiger partial charge on any atom is 0.165 e. The maximum atomic E-state index is 5.93. The van der Waals surface area contributed by atoms with Gasteiger partial charge in [-0.15, -0.1) is 22.0 Å². The van der Waals surface area contributed by atoms with E-state index in [9.17, 15) is 0 Å². The lowest BCUT2D eigenvalue weighted by molar-refractivity contribution is 0.100. The van der Waals surface area contributed by atoms with Gasteiger partial charge in [0.2, 0.25) is 0 Å². The van der Waals surface area contributed by atoms with Crippen LogP contribution in [0, 0.1) is 0 Å². The molecule has 3 nitrogen and oxygen atoms in total. The van der Waals surface area contributed by atoms with Crippen LogP contribution in [-0.4, -0.2) is 28.7 Å². The van der Waals surface area contributed by atoms with E-state index in [4.69, 9.17) is 27.9 Å². The largest absolute Gasteiger partial charge is 0.381 e. The molecule has 1 fully saturated rings. The third-order valence-electron chi connectivity index (χ3n) is 2.15. The summed E-state index contributed by atoms with van der Waals surface area (Å²) < 4.78 is 5.29. The number of halogens is 2. The number of hydrogen-bond donors (Lipinski definition) is 0. The highest BCUT2D eigenvalue weighted by molar-refractivity contribution is 8.00. The second-order valence-corrected chi connectivity index (χ2v) is 5.34. The van der Waals surface area contributed by atoms with Crippen molar-refractivity contribution in [3.63, 3.8) is 0 Å². The van der Waals surface area contributed by atoms with Gasteiger partial charge >= 0.3 is 0 Å². The van der Waals surface area contributed by atoms with Gasteiger partial charge in [0.15, 0.2) is 10.3 Å². The molecule has 0 atom stereocenters. The number of thioether (sulfide) groups is 1. The van der Waals surface area contributed by atoms with E-state index in [1.165, 1.54) is 0 Å². The van der Waals surface area contributed by atoms with Gasteiger partial charge in [-0.25, -0.2) is 0 Å². The van der Waals surface area contributed by atoms with E-state index in [0.717, 1.165) is 31.0 Å². The molecule has 2 rings (SSSR count). The highest BCUT2D eigenvalue weighted by Crippen LogP contribution is 2.34. The quantitative estimate of drug-likeness (QED) is 0.823. The topological polar surface area (TPSA) is 35.0 Å². The molecule has 0 radical (unpaired) electrons. The van der Waals surface area contributed by atoms with Gasteiger partial charge in [-0.1, -0.05) is 23.2 Å². The molecule has 0 bridgehead atoms. The molecule has 1 saturated heterocycles. The van der Waals surface area contributed by atoms with Crippen LogP contribution in [0.25, 0.3) is 0 Å². The van der Waals surface area contributed by atoms with Crippen molar-refractivity contribution < 1.29 is 4.74 Å². The molecular formula is C9H10Cl2N2OS. The summed E-state index contributed by atoms with van der Waals surface area (Å²) in [7, 11) is 0. The number of ether oxygens (including phenoxy) is 1. The first-order chi connectivity index (χ1) is 7.25. The van der Waals surface area contributed by atoms with Gasteiger partial charge in [-0.05, 0) is 18.9 Å². The zero-order chi connectivity index (χ0) is 10.7. The number of hydrogen-bond acceptors (Lipinski definition) is 4. The van der Waals surface area contributed by atoms with Crippen LogP contribution in [-0.2, 0) is 4.74 Å². The van der Waals surface area contributed by atoms with Crippen molar-refractivity contribution in [1.29, 1.82) is 0 Å². The van der Waals surface area contributed by atoms with E-state index in [2.05, 4.69) is 10.2 Å². The Morgan fingerprint density at radius 3 is 2.73 bits per heavy atom. The number of rotatable bonds is 2. The second kappa shape index (κ2) is 5.34. The van der Waals surface area contributed by atoms with Crippen molar-refractivity contribution in [3.8, 4) is 0 Å². The summed E-state index contributed by atoms with van der Waals surface area (Å²) in [5, 5.41) is 8.80. The zero-order valence-corrected chi connectivity index (χ0v) is 10.3. The van der Waals surface area contributed by atoms with Gasteiger partial charge in [0.1, 0.15) is 0 Å². The maximum absolute atomic E-state index is 5.93. The van der Waals surface area contributed by atoms with Crippen molar-refractivity contribution in [2.45, 2.75) is 23.0 Å². The van der Waals surface area contributed by atoms with Crippen LogP contribution in [0.4, 0.5) is 0 Å². The van der Waals surface area contributed by atoms with Crippen LogP contribution in [0.5, 0.6) is 0 Å². The summed E-state index contributed by atoms with van der Waals surface area (Å²) in [6, 6.07) is 1.76. The normalized spacial score (nSPS) is 18.0. The van der Waals surface area contributed by atoms with Crippen LogP contribution in [0.3, 0.4) is 0 Å². The van der Waals surface area contributed by atoms with Gasteiger partial charge in [-0.3, -0.25) is 0 Å². The van der Waals surface area contributed by atoms with Gasteiger partial charge < -0.3 is 4.74 Å². The Morgan fingerprint density at radius 2 is 2.00 bits per heavy atom. The first-order valence-electron chi connectivity index (χ1n) is 4.69. The van der Waals surface area contributed by atoms with Crippen molar-refractivity contribution in [3.05, 3.63) is 16.4 Å². The Hall–Kier alpha value is -0.0300. The van der Waals surface area contributed by atoms with Crippen molar-refractivity contribution in [2.75, 3.05) is 13.2 Å². The number of aromatic nitrogens is 2. The monoisotopic (exact) mass is 264 g/mol. The lowest BCUT2D eigenvalue weighted by Gasteiger charge is -2.21. The molecule has 0 aliphatic carbocycles. The lowest BCUT2D eigenvalue weighted by atomic mass is 10.2. The summed E-state index contributed by atoms with van der Waals surface area (Å²) in [6.45, 7) is 1.64. The van der Waals surface area contributed by atoms with E-state index in [1.54, 1.807) is 17.8 Å². The average Bonchev–Trinajstić information content (AvgIpc) is 2.25. The van der Waals surface area contributed by atoms with Crippen molar-refractivity contribution >= 4 is 35.0 Å². The molecule has 0 spiro atoms. The molecule has 0 aromatic carbocycles. The Balaban J connectivity index is 2.05. The minimum atomic E-state index is 0.383. The highest BCUT2D eigenvalue weighted by atomic mass is 35.5. The fourth-order valence-corrected chi connectivity index (χ4v) is 2.94. The Morgan fingerprint density at radius 1 is 1.27 bits per heavy atom. The van der Waals surface area contributed by atoms with Crippen LogP contribution in [0.15, 0.2) is 11.0 Å². The van der Waals surface area contributed by atoms with E-state index in [0.29, 0.717) is 15.6 Å². The Labute approximate surface area is 103 Å². The molecule has 1 aliphatic rings. The third kappa shape index (κ3) is 3.21. The molecule has 0 amide bonds. The molecule has 6 heteroatoms. The third-order valence-corrected chi connectivity index (χ3v) is 4.09. The van der Waals surface area contributed by atoms with Crippen molar-refractivity contribution in [1.82, 2.24) is 10.2 Å². The Kier molecular flexibility index (Phi) is 4.08. The SMILES string of the molecule is Clc1cc(SC2CCOCC2)c(Cl)nn1. The average molecular weight is 265 g/mol. The molecule has 0 unspecified atom stereocenters. The number of nitrogens with zero attached hydrogens (tertiary/aromatic N) is 2. The molecule has 2 heterocycles. The predicted octanol–water partition coefficient (Wildman–Crippen LogP) is 3.05. The molecule has 82 valence electrons. The smallest absolute Gasteiger partial charge is 0.165 e. The zero-order valence-electron chi connectivity index (χ0n) is 7.95. The molecule has 1 aromatic rings. The van der Waals surface area contributed by atoms with Crippen LogP contribution in [0.2, 0.25) is 10.3 Å².